The molecule has 6 aromatic rings. The second kappa shape index (κ2) is 17.8. The highest BCUT2D eigenvalue weighted by Gasteiger charge is 2.31. The van der Waals surface area contributed by atoms with Crippen molar-refractivity contribution in [2.75, 3.05) is 43.9 Å². The van der Waals surface area contributed by atoms with Gasteiger partial charge in [-0.1, -0.05) is 48.0 Å². The molecule has 0 spiro atoms. The number of hydrogen-bond acceptors (Lipinski definition) is 6. The summed E-state index contributed by atoms with van der Waals surface area (Å²) >= 11 is 6.70. The van der Waals surface area contributed by atoms with Gasteiger partial charge in [0.05, 0.1) is 5.56 Å². The Bertz CT molecular complexity index is 2650. The Morgan fingerprint density at radius 2 is 1.43 bits per heavy atom. The van der Waals surface area contributed by atoms with E-state index in [9.17, 15) is 19.2 Å². The number of nitrogens with zero attached hydrogens (tertiary/aromatic N) is 3. The summed E-state index contributed by atoms with van der Waals surface area (Å²) in [5.41, 5.74) is 10.4. The molecule has 0 bridgehead atoms. The number of halogens is 2. The zero-order chi connectivity index (χ0) is 42.7. The van der Waals surface area contributed by atoms with Gasteiger partial charge in [0.25, 0.3) is 17.7 Å². The molecule has 0 aliphatic carbocycles. The van der Waals surface area contributed by atoms with Crippen LogP contribution in [0.25, 0.3) is 21.5 Å². The predicted molar refractivity (Wildman–Crippen MR) is 238 cm³/mol. The lowest BCUT2D eigenvalue weighted by Crippen LogP contribution is -2.49. The first-order valence-electron chi connectivity index (χ1n) is 20.2. The number of benzene rings is 6. The Kier molecular flexibility index (Phi) is 12.4. The number of nitrogens with one attached hydrogen (secondary N) is 2. The van der Waals surface area contributed by atoms with E-state index >= 15 is 4.39 Å². The van der Waals surface area contributed by atoms with Crippen LogP contribution in [0.1, 0.15) is 80.1 Å². The molecule has 4 N–H and O–H groups in total. The van der Waals surface area contributed by atoms with Crippen LogP contribution < -0.4 is 16.4 Å². The number of piperidine rings is 1. The quantitative estimate of drug-likeness (QED) is 0.113. The molecule has 12 heteroatoms. The van der Waals surface area contributed by atoms with Crippen molar-refractivity contribution in [3.05, 3.63) is 142 Å². The second-order valence-corrected chi connectivity index (χ2v) is 15.5. The summed E-state index contributed by atoms with van der Waals surface area (Å²) in [6.07, 6.45) is 2.35. The Hall–Kier alpha value is -6.46. The van der Waals surface area contributed by atoms with E-state index in [4.69, 9.17) is 17.3 Å². The molecule has 1 aliphatic rings. The van der Waals surface area contributed by atoms with Gasteiger partial charge in [-0.2, -0.15) is 0 Å². The molecule has 1 fully saturated rings. The van der Waals surface area contributed by atoms with Crippen LogP contribution in [0.4, 0.5) is 27.1 Å². The van der Waals surface area contributed by atoms with Gasteiger partial charge in [-0.3, -0.25) is 19.2 Å². The van der Waals surface area contributed by atoms with Gasteiger partial charge in [-0.25, -0.2) is 4.39 Å². The second-order valence-electron chi connectivity index (χ2n) is 15.1. The number of fused-ring (bicyclic) bond motifs is 2. The average Bonchev–Trinajstić information content (AvgIpc) is 3.25. The predicted octanol–water partition coefficient (Wildman–Crippen LogP) is 9.93. The molecular formula is C48H48ClFN6O4. The van der Waals surface area contributed by atoms with Crippen LogP contribution in [0.3, 0.4) is 0 Å². The smallest absolute Gasteiger partial charge is 0.254 e. The fraction of sp³-hybridized carbons (Fsp3) is 0.250. The Morgan fingerprint density at radius 3 is 2.17 bits per heavy atom. The maximum absolute atomic E-state index is 15.8. The fourth-order valence-corrected chi connectivity index (χ4v) is 8.56. The van der Waals surface area contributed by atoms with Crippen molar-refractivity contribution in [2.24, 2.45) is 5.73 Å². The molecule has 1 saturated heterocycles. The van der Waals surface area contributed by atoms with E-state index in [0.29, 0.717) is 81.2 Å². The Morgan fingerprint density at radius 1 is 0.767 bits per heavy atom. The third-order valence-corrected chi connectivity index (χ3v) is 11.8. The van der Waals surface area contributed by atoms with Gasteiger partial charge in [0.1, 0.15) is 5.82 Å². The van der Waals surface area contributed by atoms with Crippen molar-refractivity contribution in [1.29, 1.82) is 0 Å². The van der Waals surface area contributed by atoms with E-state index in [0.717, 1.165) is 23.9 Å². The molecule has 1 unspecified atom stereocenters. The Labute approximate surface area is 354 Å². The number of likely N-dealkylation sites (tertiary alicyclic amines) is 1. The van der Waals surface area contributed by atoms with Gasteiger partial charge in [0.2, 0.25) is 5.91 Å². The molecule has 60 heavy (non-hydrogen) atoms. The van der Waals surface area contributed by atoms with E-state index in [1.807, 2.05) is 44.2 Å². The van der Waals surface area contributed by atoms with E-state index in [1.54, 1.807) is 95.4 Å². The summed E-state index contributed by atoms with van der Waals surface area (Å²) in [5.74, 6) is -1.70. The first-order valence-corrected chi connectivity index (χ1v) is 20.6. The largest absolute Gasteiger partial charge is 0.366 e. The van der Waals surface area contributed by atoms with Gasteiger partial charge < -0.3 is 31.1 Å². The number of carbonyl (C=O) groups is 4. The van der Waals surface area contributed by atoms with Crippen molar-refractivity contribution in [3.63, 3.8) is 0 Å². The number of nitrogens with two attached hydrogens (primary N) is 1. The zero-order valence-electron chi connectivity index (χ0n) is 34.1. The molecule has 308 valence electrons. The summed E-state index contributed by atoms with van der Waals surface area (Å²) in [7, 11) is 1.73. The molecule has 1 aliphatic heterocycles. The number of rotatable bonds is 12. The maximum Gasteiger partial charge on any atom is 0.254 e. The van der Waals surface area contributed by atoms with Crippen molar-refractivity contribution in [2.45, 2.75) is 46.1 Å². The summed E-state index contributed by atoms with van der Waals surface area (Å²) in [5, 5.41) is 9.37. The van der Waals surface area contributed by atoms with Crippen molar-refractivity contribution >= 4 is 79.5 Å². The summed E-state index contributed by atoms with van der Waals surface area (Å²) in [6, 6.07) is 29.3. The number of hydrogen-bond donors (Lipinski definition) is 3. The van der Waals surface area contributed by atoms with Crippen LogP contribution in [0.5, 0.6) is 0 Å². The number of anilines is 4. The molecule has 10 nitrogen and oxygen atoms in total. The maximum atomic E-state index is 15.8. The molecule has 7 rings (SSSR count). The van der Waals surface area contributed by atoms with Crippen LogP contribution in [0.15, 0.2) is 103 Å². The summed E-state index contributed by atoms with van der Waals surface area (Å²) in [6.45, 7) is 7.57. The molecule has 6 aromatic carbocycles. The minimum absolute atomic E-state index is 0.0921. The first kappa shape index (κ1) is 41.7. The van der Waals surface area contributed by atoms with E-state index in [2.05, 4.69) is 10.6 Å². The highest BCUT2D eigenvalue weighted by molar-refractivity contribution is 6.37. The van der Waals surface area contributed by atoms with Crippen molar-refractivity contribution in [1.82, 2.24) is 14.7 Å². The van der Waals surface area contributed by atoms with Gasteiger partial charge >= 0.3 is 0 Å². The third kappa shape index (κ3) is 8.22. The minimum atomic E-state index is -0.551. The van der Waals surface area contributed by atoms with Crippen LogP contribution in [0.2, 0.25) is 5.02 Å². The minimum Gasteiger partial charge on any atom is -0.366 e. The van der Waals surface area contributed by atoms with Gasteiger partial charge in [0.15, 0.2) is 0 Å². The van der Waals surface area contributed by atoms with Gasteiger partial charge in [-0.05, 0) is 112 Å². The summed E-state index contributed by atoms with van der Waals surface area (Å²) in [4.78, 5) is 59.0. The lowest BCUT2D eigenvalue weighted by atomic mass is 9.96. The van der Waals surface area contributed by atoms with Crippen LogP contribution in [-0.2, 0) is 0 Å². The summed E-state index contributed by atoms with van der Waals surface area (Å²) < 4.78 is 15.8. The zero-order valence-corrected chi connectivity index (χ0v) is 34.9. The molecular weight excluding hydrogens is 779 g/mol. The van der Waals surface area contributed by atoms with Crippen LogP contribution in [0, 0.1) is 12.7 Å². The van der Waals surface area contributed by atoms with Gasteiger partial charge in [0, 0.05) is 105 Å². The molecule has 0 radical (unpaired) electrons. The van der Waals surface area contributed by atoms with Crippen LogP contribution in [-0.4, -0.2) is 77.6 Å². The molecule has 4 amide bonds. The standard InChI is InChI=1S/C48H48ClFN6O4/c1-5-55(6-2)47(59)36-22-24-41(34-17-10-19-38(49)43(34)36)52-31-14-9-13-30(27-31)46(58)54(4)28-32-15-7-8-26-56(32)48(60)37-23-25-42(35-18-11-20-39(50)44(35)37)53-40-21-12-16-33(29(40)3)45(51)57/h9-14,16-25,27,32,52-53H,5-8,15,26,28H2,1-4H3,(H2,51,57). The highest BCUT2D eigenvalue weighted by Crippen LogP contribution is 2.36. The van der Waals surface area contributed by atoms with Crippen molar-refractivity contribution in [3.8, 4) is 0 Å². The topological polar surface area (TPSA) is 128 Å². The lowest BCUT2D eigenvalue weighted by Gasteiger charge is -2.38. The molecule has 1 heterocycles. The van der Waals surface area contributed by atoms with E-state index < -0.39 is 11.7 Å². The van der Waals surface area contributed by atoms with Gasteiger partial charge in [-0.15, -0.1) is 0 Å². The fourth-order valence-electron chi connectivity index (χ4n) is 8.28. The number of carbonyl (C=O) groups excluding carboxylic acids is 4. The first-order chi connectivity index (χ1) is 28.9. The lowest BCUT2D eigenvalue weighted by molar-refractivity contribution is 0.0520. The van der Waals surface area contributed by atoms with Crippen molar-refractivity contribution < 1.29 is 23.6 Å². The molecule has 1 atom stereocenters. The van der Waals surface area contributed by atoms with E-state index in [-0.39, 0.29) is 41.3 Å². The van der Waals surface area contributed by atoms with E-state index in [1.165, 1.54) is 6.07 Å². The number of primary amides is 1. The highest BCUT2D eigenvalue weighted by atomic mass is 35.5. The molecule has 0 saturated carbocycles. The molecule has 0 aromatic heterocycles. The average molecular weight is 827 g/mol. The number of amides is 4. The van der Waals surface area contributed by atoms with Crippen LogP contribution >= 0.6 is 11.6 Å². The Balaban J connectivity index is 1.11. The monoisotopic (exact) mass is 826 g/mol. The normalized spacial score (nSPS) is 13.9. The number of likely N-dealkylation sites (N-methyl/N-ethyl adjacent to an activating group) is 1. The SMILES string of the molecule is CCN(CC)C(=O)c1ccc(Nc2cccc(C(=O)N(C)CC3CCCCN3C(=O)c3ccc(Nc4cccc(C(N)=O)c4C)c4cccc(F)c34)c2)c2cccc(Cl)c12. The third-order valence-electron chi connectivity index (χ3n) is 11.5.